The predicted octanol–water partition coefficient (Wildman–Crippen LogP) is 3.52. The minimum Gasteiger partial charge on any atom is -0.454 e. The second-order valence-electron chi connectivity index (χ2n) is 5.27. The quantitative estimate of drug-likeness (QED) is 0.722. The van der Waals surface area contributed by atoms with E-state index >= 15 is 0 Å². The van der Waals surface area contributed by atoms with Gasteiger partial charge in [-0.15, -0.1) is 10.2 Å². The van der Waals surface area contributed by atoms with Gasteiger partial charge in [0.15, 0.2) is 11.5 Å². The van der Waals surface area contributed by atoms with Crippen molar-refractivity contribution in [3.8, 4) is 23.0 Å². The predicted molar refractivity (Wildman–Crippen MR) is 90.5 cm³/mol. The molecule has 4 rings (SSSR count). The molecule has 0 unspecified atom stereocenters. The molecular weight excluding hydrogens is 374 g/mol. The molecule has 0 saturated carbocycles. The Morgan fingerprint density at radius 2 is 1.88 bits per heavy atom. The Balaban J connectivity index is 1.38. The fourth-order valence-corrected chi connectivity index (χ4v) is 2.89. The van der Waals surface area contributed by atoms with Crippen LogP contribution in [0.4, 0.5) is 0 Å². The Kier molecular flexibility index (Phi) is 4.18. The Labute approximate surface area is 146 Å². The van der Waals surface area contributed by atoms with E-state index in [-0.39, 0.29) is 6.79 Å². The highest BCUT2D eigenvalue weighted by Gasteiger charge is 2.14. The first kappa shape index (κ1) is 15.2. The van der Waals surface area contributed by atoms with Crippen LogP contribution in [0.1, 0.15) is 11.5 Å². The molecule has 0 bridgehead atoms. The van der Waals surface area contributed by atoms with Crippen LogP contribution in [0.25, 0.3) is 11.5 Å². The number of hydrogen-bond donors (Lipinski definition) is 1. The molecule has 1 aliphatic rings. The summed E-state index contributed by atoms with van der Waals surface area (Å²) in [6.07, 6.45) is 0. The minimum absolute atomic E-state index is 0.284. The van der Waals surface area contributed by atoms with Crippen molar-refractivity contribution in [2.75, 3.05) is 6.79 Å². The van der Waals surface area contributed by atoms with E-state index in [1.54, 1.807) is 0 Å². The van der Waals surface area contributed by atoms with Crippen LogP contribution in [0.2, 0.25) is 0 Å². The number of benzene rings is 2. The second kappa shape index (κ2) is 6.62. The zero-order valence-corrected chi connectivity index (χ0v) is 14.2. The summed E-state index contributed by atoms with van der Waals surface area (Å²) in [7, 11) is 0. The molecule has 0 fully saturated rings. The van der Waals surface area contributed by atoms with Crippen molar-refractivity contribution >= 4 is 15.9 Å². The van der Waals surface area contributed by atoms with Crippen LogP contribution < -0.4 is 14.8 Å². The van der Waals surface area contributed by atoms with Gasteiger partial charge in [-0.1, -0.05) is 18.2 Å². The summed E-state index contributed by atoms with van der Waals surface area (Å²) in [4.78, 5) is 0. The second-order valence-corrected chi connectivity index (χ2v) is 6.13. The molecule has 0 amide bonds. The van der Waals surface area contributed by atoms with Gasteiger partial charge in [-0.2, -0.15) is 0 Å². The lowest BCUT2D eigenvalue weighted by Gasteiger charge is -2.03. The Hall–Kier alpha value is -2.38. The Bertz CT molecular complexity index is 866. The molecule has 6 nitrogen and oxygen atoms in total. The number of nitrogens with one attached hydrogen (secondary N) is 1. The number of aromatic nitrogens is 2. The molecule has 24 heavy (non-hydrogen) atoms. The first-order chi connectivity index (χ1) is 11.8. The SMILES string of the molecule is Brc1ccccc1-c1nnc(CNCc2ccc3c(c2)OCO3)o1. The Morgan fingerprint density at radius 3 is 2.79 bits per heavy atom. The number of halogens is 1. The number of rotatable bonds is 5. The first-order valence-corrected chi connectivity index (χ1v) is 8.25. The molecule has 0 atom stereocenters. The summed E-state index contributed by atoms with van der Waals surface area (Å²) in [6, 6.07) is 13.6. The summed E-state index contributed by atoms with van der Waals surface area (Å²) >= 11 is 3.48. The fraction of sp³-hybridized carbons (Fsp3) is 0.176. The molecular formula is C17H14BrN3O3. The molecule has 3 aromatic rings. The summed E-state index contributed by atoms with van der Waals surface area (Å²) in [5.74, 6) is 2.61. The number of hydrogen-bond acceptors (Lipinski definition) is 6. The molecule has 0 radical (unpaired) electrons. The van der Waals surface area contributed by atoms with Crippen molar-refractivity contribution in [3.05, 3.63) is 58.4 Å². The van der Waals surface area contributed by atoms with E-state index in [1.165, 1.54) is 0 Å². The average molecular weight is 388 g/mol. The van der Waals surface area contributed by atoms with Gasteiger partial charge in [0.1, 0.15) is 0 Å². The van der Waals surface area contributed by atoms with Crippen LogP contribution in [0.5, 0.6) is 11.5 Å². The maximum atomic E-state index is 5.70. The molecule has 1 aliphatic heterocycles. The molecule has 1 aromatic heterocycles. The lowest BCUT2D eigenvalue weighted by molar-refractivity contribution is 0.174. The minimum atomic E-state index is 0.284. The zero-order valence-electron chi connectivity index (χ0n) is 12.7. The van der Waals surface area contributed by atoms with Crippen molar-refractivity contribution in [2.45, 2.75) is 13.1 Å². The standard InChI is InChI=1S/C17H14BrN3O3/c18-13-4-2-1-3-12(13)17-21-20-16(24-17)9-19-8-11-5-6-14-15(7-11)23-10-22-14/h1-7,19H,8-10H2. The maximum absolute atomic E-state index is 5.70. The Morgan fingerprint density at radius 1 is 1.00 bits per heavy atom. The number of nitrogens with zero attached hydrogens (tertiary/aromatic N) is 2. The topological polar surface area (TPSA) is 69.4 Å². The molecule has 2 aromatic carbocycles. The van der Waals surface area contributed by atoms with Crippen LogP contribution in [0.15, 0.2) is 51.4 Å². The van der Waals surface area contributed by atoms with E-state index in [1.807, 2.05) is 42.5 Å². The average Bonchev–Trinajstić information content (AvgIpc) is 3.24. The smallest absolute Gasteiger partial charge is 0.248 e. The summed E-state index contributed by atoms with van der Waals surface area (Å²) < 4.78 is 17.3. The van der Waals surface area contributed by atoms with Crippen molar-refractivity contribution in [3.63, 3.8) is 0 Å². The lowest BCUT2D eigenvalue weighted by Crippen LogP contribution is -2.12. The van der Waals surface area contributed by atoms with Crippen LogP contribution >= 0.6 is 15.9 Å². The molecule has 0 aliphatic carbocycles. The van der Waals surface area contributed by atoms with Gasteiger partial charge < -0.3 is 19.2 Å². The zero-order chi connectivity index (χ0) is 16.4. The number of ether oxygens (including phenoxy) is 2. The maximum Gasteiger partial charge on any atom is 0.248 e. The summed E-state index contributed by atoms with van der Waals surface area (Å²) in [6.45, 7) is 1.45. The van der Waals surface area contributed by atoms with Crippen LogP contribution in [0.3, 0.4) is 0 Å². The van der Waals surface area contributed by atoms with E-state index in [9.17, 15) is 0 Å². The van der Waals surface area contributed by atoms with E-state index in [0.717, 1.165) is 27.1 Å². The fourth-order valence-electron chi connectivity index (χ4n) is 2.43. The third-order valence-electron chi connectivity index (χ3n) is 3.61. The molecule has 7 heteroatoms. The van der Waals surface area contributed by atoms with E-state index in [2.05, 4.69) is 31.4 Å². The molecule has 122 valence electrons. The summed E-state index contributed by atoms with van der Waals surface area (Å²) in [5.41, 5.74) is 1.98. The number of fused-ring (bicyclic) bond motifs is 1. The summed E-state index contributed by atoms with van der Waals surface area (Å²) in [5, 5.41) is 11.5. The van der Waals surface area contributed by atoms with Gasteiger partial charge in [-0.3, -0.25) is 0 Å². The van der Waals surface area contributed by atoms with E-state index in [4.69, 9.17) is 13.9 Å². The molecule has 0 spiro atoms. The van der Waals surface area contributed by atoms with Crippen LogP contribution in [-0.2, 0) is 13.1 Å². The highest BCUT2D eigenvalue weighted by Crippen LogP contribution is 2.32. The monoisotopic (exact) mass is 387 g/mol. The van der Waals surface area contributed by atoms with Crippen molar-refractivity contribution in [1.29, 1.82) is 0 Å². The van der Waals surface area contributed by atoms with Gasteiger partial charge in [0.2, 0.25) is 18.6 Å². The van der Waals surface area contributed by atoms with Crippen molar-refractivity contribution in [2.24, 2.45) is 0 Å². The van der Waals surface area contributed by atoms with Crippen LogP contribution in [-0.4, -0.2) is 17.0 Å². The normalized spacial score (nSPS) is 12.5. The lowest BCUT2D eigenvalue weighted by atomic mass is 10.2. The van der Waals surface area contributed by atoms with Gasteiger partial charge in [-0.25, -0.2) is 0 Å². The van der Waals surface area contributed by atoms with Gasteiger partial charge in [0.25, 0.3) is 0 Å². The molecule has 0 saturated heterocycles. The highest BCUT2D eigenvalue weighted by atomic mass is 79.9. The van der Waals surface area contributed by atoms with Gasteiger partial charge >= 0.3 is 0 Å². The third kappa shape index (κ3) is 3.13. The third-order valence-corrected chi connectivity index (χ3v) is 4.30. The van der Waals surface area contributed by atoms with Crippen LogP contribution in [0, 0.1) is 0 Å². The highest BCUT2D eigenvalue weighted by molar-refractivity contribution is 9.10. The van der Waals surface area contributed by atoms with Gasteiger partial charge in [0.05, 0.1) is 12.1 Å². The molecule has 1 N–H and O–H groups in total. The largest absolute Gasteiger partial charge is 0.454 e. The van der Waals surface area contributed by atoms with E-state index in [0.29, 0.717) is 24.9 Å². The van der Waals surface area contributed by atoms with E-state index < -0.39 is 0 Å². The van der Waals surface area contributed by atoms with Crippen molar-refractivity contribution in [1.82, 2.24) is 15.5 Å². The van der Waals surface area contributed by atoms with Gasteiger partial charge in [-0.05, 0) is 45.8 Å². The van der Waals surface area contributed by atoms with Crippen molar-refractivity contribution < 1.29 is 13.9 Å². The first-order valence-electron chi connectivity index (χ1n) is 7.46. The molecule has 2 heterocycles. The van der Waals surface area contributed by atoms with Gasteiger partial charge in [0, 0.05) is 11.0 Å².